The molecule has 5 nitrogen and oxygen atoms in total. The van der Waals surface area contributed by atoms with Crippen molar-refractivity contribution in [2.75, 3.05) is 6.61 Å². The fraction of sp³-hybridized carbons (Fsp3) is 0.615. The fourth-order valence-electron chi connectivity index (χ4n) is 5.66. The van der Waals surface area contributed by atoms with Crippen LogP contribution in [0.2, 0.25) is 0 Å². The minimum Gasteiger partial charge on any atom is -0.481 e. The second-order valence-corrected chi connectivity index (χ2v) is 11.8. The van der Waals surface area contributed by atoms with E-state index >= 15 is 0 Å². The molecule has 0 bridgehead atoms. The lowest BCUT2D eigenvalue weighted by Gasteiger charge is -2.46. The van der Waals surface area contributed by atoms with Gasteiger partial charge in [-0.05, 0) is 41.9 Å². The second-order valence-electron chi connectivity index (χ2n) is 10.9. The number of rotatable bonds is 5. The van der Waals surface area contributed by atoms with Gasteiger partial charge in [-0.25, -0.2) is 0 Å². The van der Waals surface area contributed by atoms with Gasteiger partial charge < -0.3 is 14.9 Å². The number of aliphatic hydroxyl groups excluding tert-OH is 2. The van der Waals surface area contributed by atoms with Crippen LogP contribution in [0.15, 0.2) is 22.7 Å². The van der Waals surface area contributed by atoms with Gasteiger partial charge >= 0.3 is 0 Å². The first kappa shape index (κ1) is 25.0. The number of benzene rings is 1. The van der Waals surface area contributed by atoms with E-state index in [0.717, 1.165) is 4.47 Å². The van der Waals surface area contributed by atoms with Crippen molar-refractivity contribution >= 4 is 27.5 Å². The van der Waals surface area contributed by atoms with Gasteiger partial charge in [0.05, 0.1) is 24.0 Å². The van der Waals surface area contributed by atoms with Crippen LogP contribution in [0.3, 0.4) is 0 Å². The second kappa shape index (κ2) is 9.29. The summed E-state index contributed by atoms with van der Waals surface area (Å²) in [5, 5.41) is 22.3. The van der Waals surface area contributed by atoms with Crippen LogP contribution in [-0.4, -0.2) is 40.6 Å². The number of Topliss-reactive ketones (excluding diaryl/α,β-unsaturated/α-hetero) is 2. The van der Waals surface area contributed by atoms with Gasteiger partial charge in [0.2, 0.25) is 0 Å². The Balaban J connectivity index is 2.16. The van der Waals surface area contributed by atoms with E-state index in [0.29, 0.717) is 37.0 Å². The summed E-state index contributed by atoms with van der Waals surface area (Å²) >= 11 is 3.49. The molecule has 32 heavy (non-hydrogen) atoms. The molecule has 0 amide bonds. The fourth-order valence-corrected chi connectivity index (χ4v) is 6.04. The van der Waals surface area contributed by atoms with Gasteiger partial charge in [0.1, 0.15) is 23.9 Å². The number of carbonyl (C=O) groups is 2. The maximum atomic E-state index is 13.4. The van der Waals surface area contributed by atoms with Crippen LogP contribution in [0, 0.1) is 35.0 Å². The quantitative estimate of drug-likeness (QED) is 0.584. The predicted molar refractivity (Wildman–Crippen MR) is 126 cm³/mol. The number of ether oxygens (including phenoxy) is 1. The van der Waals surface area contributed by atoms with Crippen LogP contribution in [0.5, 0.6) is 5.75 Å². The summed E-state index contributed by atoms with van der Waals surface area (Å²) in [7, 11) is 0. The average molecular weight is 505 g/mol. The zero-order chi connectivity index (χ0) is 23.8. The van der Waals surface area contributed by atoms with Crippen molar-refractivity contribution in [1.29, 1.82) is 0 Å². The van der Waals surface area contributed by atoms with Crippen molar-refractivity contribution in [2.45, 2.75) is 71.5 Å². The van der Waals surface area contributed by atoms with E-state index in [1.165, 1.54) is 0 Å². The van der Waals surface area contributed by atoms with Crippen molar-refractivity contribution < 1.29 is 24.5 Å². The van der Waals surface area contributed by atoms with Crippen LogP contribution < -0.4 is 4.74 Å². The van der Waals surface area contributed by atoms with Crippen LogP contribution in [0.25, 0.3) is 0 Å². The van der Waals surface area contributed by atoms with Crippen LogP contribution in [0.1, 0.15) is 64.9 Å². The van der Waals surface area contributed by atoms with Crippen molar-refractivity contribution in [3.63, 3.8) is 0 Å². The monoisotopic (exact) mass is 504 g/mol. The molecule has 2 N–H and O–H groups in total. The number of ketones is 2. The Morgan fingerprint density at radius 1 is 1.06 bits per heavy atom. The van der Waals surface area contributed by atoms with Gasteiger partial charge in [0.25, 0.3) is 0 Å². The summed E-state index contributed by atoms with van der Waals surface area (Å²) in [5.41, 5.74) is -0.0345. The van der Waals surface area contributed by atoms with Crippen LogP contribution >= 0.6 is 15.9 Å². The van der Waals surface area contributed by atoms with E-state index in [1.54, 1.807) is 12.1 Å². The van der Waals surface area contributed by atoms with E-state index in [-0.39, 0.29) is 29.0 Å². The molecule has 3 rings (SSSR count). The lowest BCUT2D eigenvalue weighted by atomic mass is 9.58. The summed E-state index contributed by atoms with van der Waals surface area (Å²) in [6.45, 7) is 7.88. The zero-order valence-electron chi connectivity index (χ0n) is 19.2. The van der Waals surface area contributed by atoms with E-state index in [1.807, 2.05) is 33.8 Å². The minimum atomic E-state index is -0.925. The molecule has 0 aliphatic heterocycles. The molecular weight excluding hydrogens is 472 g/mol. The van der Waals surface area contributed by atoms with Gasteiger partial charge in [0.15, 0.2) is 0 Å². The third-order valence-electron chi connectivity index (χ3n) is 6.82. The van der Waals surface area contributed by atoms with Crippen molar-refractivity contribution in [3.05, 3.63) is 28.2 Å². The highest BCUT2D eigenvalue weighted by molar-refractivity contribution is 9.10. The average Bonchev–Trinajstić information content (AvgIpc) is 2.62. The minimum absolute atomic E-state index is 0.0315. The summed E-state index contributed by atoms with van der Waals surface area (Å²) in [6, 6.07) is 5.36. The molecule has 0 radical (unpaired) electrons. The molecule has 1 aromatic rings. The maximum absolute atomic E-state index is 13.4. The first-order valence-corrected chi connectivity index (χ1v) is 11.9. The molecule has 0 saturated heterocycles. The number of halogens is 1. The summed E-state index contributed by atoms with van der Waals surface area (Å²) < 4.78 is 6.54. The van der Waals surface area contributed by atoms with Gasteiger partial charge in [-0.1, -0.05) is 49.5 Å². The molecule has 0 aromatic heterocycles. The Bertz CT molecular complexity index is 887. The molecule has 0 spiro atoms. The Morgan fingerprint density at radius 3 is 2.00 bits per heavy atom. The Hall–Kier alpha value is -1.68. The molecule has 0 heterocycles. The molecule has 2 saturated carbocycles. The van der Waals surface area contributed by atoms with E-state index in [4.69, 9.17) is 11.2 Å². The molecule has 2 fully saturated rings. The number of hydrogen-bond donors (Lipinski definition) is 2. The standard InChI is InChI=1S/C26H33BrO5/c1-6-9-32-21-8-7-15(27)10-16(21)22(23-17(28)11-25(2,3)12-18(23)29)24-19(30)13-26(4,5)14-20(24)31/h1,7-8,10,17,19,22-24,28,30H,9,11-14H2,2-5H3/t17-,19+,22?,23-,24+. The van der Waals surface area contributed by atoms with Crippen LogP contribution in [0.4, 0.5) is 0 Å². The number of aliphatic hydroxyl groups is 2. The highest BCUT2D eigenvalue weighted by Crippen LogP contribution is 2.51. The molecule has 2 aliphatic rings. The lowest BCUT2D eigenvalue weighted by Crippen LogP contribution is -2.51. The number of hydrogen-bond acceptors (Lipinski definition) is 5. The van der Waals surface area contributed by atoms with Crippen molar-refractivity contribution in [3.8, 4) is 18.1 Å². The van der Waals surface area contributed by atoms with Crippen LogP contribution in [-0.2, 0) is 9.59 Å². The summed E-state index contributed by atoms with van der Waals surface area (Å²) in [6.07, 6.45) is 5.04. The first-order chi connectivity index (χ1) is 14.8. The molecular formula is C26H33BrO5. The van der Waals surface area contributed by atoms with Gasteiger partial charge in [-0.15, -0.1) is 6.42 Å². The van der Waals surface area contributed by atoms with Gasteiger partial charge in [-0.2, -0.15) is 0 Å². The van der Waals surface area contributed by atoms with E-state index in [2.05, 4.69) is 21.9 Å². The number of carbonyl (C=O) groups excluding carboxylic acids is 2. The maximum Gasteiger partial charge on any atom is 0.148 e. The molecule has 1 unspecified atom stereocenters. The van der Waals surface area contributed by atoms with Crippen molar-refractivity contribution in [1.82, 2.24) is 0 Å². The molecule has 1 aromatic carbocycles. The molecule has 6 heteroatoms. The largest absolute Gasteiger partial charge is 0.481 e. The lowest BCUT2D eigenvalue weighted by molar-refractivity contribution is -0.144. The van der Waals surface area contributed by atoms with E-state index in [9.17, 15) is 19.8 Å². The Morgan fingerprint density at radius 2 is 1.56 bits per heavy atom. The normalized spacial score (nSPS) is 30.4. The zero-order valence-corrected chi connectivity index (χ0v) is 20.8. The smallest absolute Gasteiger partial charge is 0.148 e. The third-order valence-corrected chi connectivity index (χ3v) is 7.31. The highest BCUT2D eigenvalue weighted by Gasteiger charge is 2.52. The topological polar surface area (TPSA) is 83.8 Å². The highest BCUT2D eigenvalue weighted by atomic mass is 79.9. The van der Waals surface area contributed by atoms with Gasteiger partial charge in [-0.3, -0.25) is 9.59 Å². The molecule has 2 aliphatic carbocycles. The van der Waals surface area contributed by atoms with Crippen molar-refractivity contribution in [2.24, 2.45) is 22.7 Å². The van der Waals surface area contributed by atoms with Gasteiger partial charge in [0, 0.05) is 28.8 Å². The molecule has 174 valence electrons. The van der Waals surface area contributed by atoms with E-state index < -0.39 is 30.0 Å². The first-order valence-electron chi connectivity index (χ1n) is 11.1. The SMILES string of the molecule is C#CCOc1ccc(Br)cc1C([C@H]1C(=O)CC(C)(C)C[C@H]1O)[C@@H]1C(=O)CC(C)(C)C[C@@H]1O. The summed E-state index contributed by atoms with van der Waals surface area (Å²) in [5.74, 6) is 0.397. The number of terminal acetylenes is 1. The Labute approximate surface area is 199 Å². The Kier molecular flexibility index (Phi) is 7.24. The predicted octanol–water partition coefficient (Wildman–Crippen LogP) is 4.28. The molecule has 5 atom stereocenters. The summed E-state index contributed by atoms with van der Waals surface area (Å²) in [4.78, 5) is 26.8. The third kappa shape index (κ3) is 5.27.